The molecule has 0 aliphatic rings. The van der Waals surface area contributed by atoms with Crippen molar-refractivity contribution < 1.29 is 9.53 Å². The van der Waals surface area contributed by atoms with Gasteiger partial charge in [0.25, 0.3) is 0 Å². The van der Waals surface area contributed by atoms with Crippen molar-refractivity contribution in [1.29, 1.82) is 0 Å². The number of hydrogen-bond acceptors (Lipinski definition) is 3. The van der Waals surface area contributed by atoms with Gasteiger partial charge >= 0.3 is 5.97 Å². The molecule has 2 rings (SSSR count). The maximum atomic E-state index is 11.4. The van der Waals surface area contributed by atoms with E-state index in [1.807, 2.05) is 25.1 Å². The maximum Gasteiger partial charge on any atom is 0.325 e. The lowest BCUT2D eigenvalue weighted by atomic mass is 10.3. The van der Waals surface area contributed by atoms with Gasteiger partial charge < -0.3 is 9.30 Å². The van der Waals surface area contributed by atoms with E-state index in [4.69, 9.17) is 16.3 Å². The molecule has 0 spiro atoms. The van der Waals surface area contributed by atoms with E-state index in [-0.39, 0.29) is 17.9 Å². The van der Waals surface area contributed by atoms with Crippen LogP contribution < -0.4 is 0 Å². The summed E-state index contributed by atoms with van der Waals surface area (Å²) in [6, 6.07) is 5.88. The number of halogens is 2. The highest BCUT2D eigenvalue weighted by Gasteiger charge is 2.17. The maximum absolute atomic E-state index is 11.4. The molecule has 1 aromatic heterocycles. The van der Waals surface area contributed by atoms with Gasteiger partial charge in [-0.15, -0.1) is 11.6 Å². The number of carbonyl (C=O) groups excluding carboxylic acids is 1. The van der Waals surface area contributed by atoms with Gasteiger partial charge in [0, 0.05) is 3.57 Å². The summed E-state index contributed by atoms with van der Waals surface area (Å²) in [6.07, 6.45) is 0. The third kappa shape index (κ3) is 2.61. The molecule has 0 aliphatic carbocycles. The van der Waals surface area contributed by atoms with Gasteiger partial charge in [-0.3, -0.25) is 4.79 Å². The molecule has 18 heavy (non-hydrogen) atoms. The van der Waals surface area contributed by atoms with Crippen LogP contribution in [0, 0.1) is 3.57 Å². The quantitative estimate of drug-likeness (QED) is 0.468. The number of rotatable bonds is 3. The van der Waals surface area contributed by atoms with E-state index in [0.29, 0.717) is 5.82 Å². The molecular weight excluding hydrogens is 367 g/mol. The Labute approximate surface area is 123 Å². The monoisotopic (exact) mass is 378 g/mol. The average Bonchev–Trinajstić information content (AvgIpc) is 2.67. The molecule has 0 radical (unpaired) electrons. The van der Waals surface area contributed by atoms with Crippen LogP contribution in [0.25, 0.3) is 11.0 Å². The molecule has 6 heteroatoms. The van der Waals surface area contributed by atoms with Crippen LogP contribution in [-0.2, 0) is 16.1 Å². The first-order valence-corrected chi connectivity index (χ1v) is 6.91. The number of alkyl halides is 1. The summed E-state index contributed by atoms with van der Waals surface area (Å²) < 4.78 is 7.59. The zero-order valence-electron chi connectivity index (χ0n) is 9.98. The van der Waals surface area contributed by atoms with E-state index >= 15 is 0 Å². The minimum Gasteiger partial charge on any atom is -0.468 e. The largest absolute Gasteiger partial charge is 0.468 e. The second kappa shape index (κ2) is 5.44. The fourth-order valence-corrected chi connectivity index (χ4v) is 2.43. The summed E-state index contributed by atoms with van der Waals surface area (Å²) in [5, 5.41) is -0.264. The van der Waals surface area contributed by atoms with Gasteiger partial charge in [0.05, 0.1) is 23.5 Å². The highest BCUT2D eigenvalue weighted by Crippen LogP contribution is 2.25. The summed E-state index contributed by atoms with van der Waals surface area (Å²) in [5.74, 6) is 0.366. The third-order valence-electron chi connectivity index (χ3n) is 2.61. The highest BCUT2D eigenvalue weighted by atomic mass is 127. The van der Waals surface area contributed by atoms with Crippen molar-refractivity contribution in [3.8, 4) is 0 Å². The number of nitrogens with zero attached hydrogens (tertiary/aromatic N) is 2. The van der Waals surface area contributed by atoms with E-state index in [9.17, 15) is 4.79 Å². The number of aromatic nitrogens is 2. The topological polar surface area (TPSA) is 44.1 Å². The molecule has 1 aromatic carbocycles. The Morgan fingerprint density at radius 1 is 1.61 bits per heavy atom. The molecule has 2 aromatic rings. The molecular formula is C12H12ClIN2O2. The lowest BCUT2D eigenvalue weighted by molar-refractivity contribution is -0.141. The summed E-state index contributed by atoms with van der Waals surface area (Å²) in [4.78, 5) is 15.9. The SMILES string of the molecule is COC(=O)Cn1c(C(C)Cl)nc2cc(I)ccc21. The first kappa shape index (κ1) is 13.6. The van der Waals surface area contributed by atoms with E-state index in [2.05, 4.69) is 27.6 Å². The summed E-state index contributed by atoms with van der Waals surface area (Å²) in [5.41, 5.74) is 1.73. The van der Waals surface area contributed by atoms with Crippen LogP contribution in [0.5, 0.6) is 0 Å². The normalized spacial score (nSPS) is 12.7. The Morgan fingerprint density at radius 2 is 2.33 bits per heavy atom. The number of benzene rings is 1. The van der Waals surface area contributed by atoms with E-state index in [0.717, 1.165) is 14.6 Å². The van der Waals surface area contributed by atoms with Gasteiger partial charge in [0.1, 0.15) is 12.4 Å². The van der Waals surface area contributed by atoms with Gasteiger partial charge in [-0.05, 0) is 47.7 Å². The fourth-order valence-electron chi connectivity index (χ4n) is 1.79. The average molecular weight is 379 g/mol. The van der Waals surface area contributed by atoms with Crippen LogP contribution in [0.3, 0.4) is 0 Å². The van der Waals surface area contributed by atoms with Gasteiger partial charge in [-0.25, -0.2) is 4.98 Å². The van der Waals surface area contributed by atoms with Crippen LogP contribution in [0.1, 0.15) is 18.1 Å². The molecule has 0 saturated heterocycles. The van der Waals surface area contributed by atoms with Gasteiger partial charge in [-0.1, -0.05) is 0 Å². The number of fused-ring (bicyclic) bond motifs is 1. The number of hydrogen-bond donors (Lipinski definition) is 0. The Morgan fingerprint density at radius 3 is 2.94 bits per heavy atom. The summed E-state index contributed by atoms with van der Waals surface area (Å²) in [6.45, 7) is 1.96. The zero-order chi connectivity index (χ0) is 13.3. The molecule has 0 fully saturated rings. The van der Waals surface area contributed by atoms with Crippen molar-refractivity contribution in [1.82, 2.24) is 9.55 Å². The van der Waals surface area contributed by atoms with Crippen molar-refractivity contribution >= 4 is 51.2 Å². The van der Waals surface area contributed by atoms with Gasteiger partial charge in [0.2, 0.25) is 0 Å². The molecule has 0 bridgehead atoms. The number of ether oxygens (including phenoxy) is 1. The van der Waals surface area contributed by atoms with Crippen molar-refractivity contribution in [2.24, 2.45) is 0 Å². The second-order valence-electron chi connectivity index (χ2n) is 3.88. The summed E-state index contributed by atoms with van der Waals surface area (Å²) >= 11 is 8.33. The van der Waals surface area contributed by atoms with Crippen LogP contribution in [0.15, 0.2) is 18.2 Å². The number of imidazole rings is 1. The highest BCUT2D eigenvalue weighted by molar-refractivity contribution is 14.1. The molecule has 0 aliphatic heterocycles. The van der Waals surface area contributed by atoms with Crippen molar-refractivity contribution in [3.05, 3.63) is 27.6 Å². The Balaban J connectivity index is 2.59. The number of methoxy groups -OCH3 is 1. The van der Waals surface area contributed by atoms with Crippen molar-refractivity contribution in [2.45, 2.75) is 18.8 Å². The molecule has 96 valence electrons. The van der Waals surface area contributed by atoms with Gasteiger partial charge in [0.15, 0.2) is 0 Å². The van der Waals surface area contributed by atoms with E-state index < -0.39 is 0 Å². The molecule has 1 unspecified atom stereocenters. The fraction of sp³-hybridized carbons (Fsp3) is 0.333. The standard InChI is InChI=1S/C12H12ClIN2O2/c1-7(13)12-15-9-5-8(14)3-4-10(9)16(12)6-11(17)18-2/h3-5,7H,6H2,1-2H3. The predicted octanol–water partition coefficient (Wildman–Crippen LogP) is 3.11. The molecule has 1 heterocycles. The molecule has 4 nitrogen and oxygen atoms in total. The molecule has 1 atom stereocenters. The van der Waals surface area contributed by atoms with Crippen LogP contribution >= 0.6 is 34.2 Å². The molecule has 0 amide bonds. The smallest absolute Gasteiger partial charge is 0.325 e. The van der Waals surface area contributed by atoms with E-state index in [1.165, 1.54) is 7.11 Å². The van der Waals surface area contributed by atoms with Crippen LogP contribution in [0.2, 0.25) is 0 Å². The van der Waals surface area contributed by atoms with Crippen molar-refractivity contribution in [3.63, 3.8) is 0 Å². The minimum atomic E-state index is -0.314. The lowest BCUT2D eigenvalue weighted by Gasteiger charge is -2.08. The zero-order valence-corrected chi connectivity index (χ0v) is 12.9. The van der Waals surface area contributed by atoms with E-state index in [1.54, 1.807) is 4.57 Å². The number of carbonyl (C=O) groups is 1. The summed E-state index contributed by atoms with van der Waals surface area (Å²) in [7, 11) is 1.37. The third-order valence-corrected chi connectivity index (χ3v) is 3.48. The lowest BCUT2D eigenvalue weighted by Crippen LogP contribution is -2.14. The Hall–Kier alpha value is -0.820. The molecule has 0 N–H and O–H groups in total. The predicted molar refractivity (Wildman–Crippen MR) is 78.7 cm³/mol. The minimum absolute atomic E-state index is 0.125. The molecule has 0 saturated carbocycles. The van der Waals surface area contributed by atoms with Crippen molar-refractivity contribution in [2.75, 3.05) is 7.11 Å². The van der Waals surface area contributed by atoms with Crippen LogP contribution in [0.4, 0.5) is 0 Å². The Bertz CT molecular complexity index is 595. The number of esters is 1. The first-order valence-electron chi connectivity index (χ1n) is 5.39. The van der Waals surface area contributed by atoms with Crippen LogP contribution in [-0.4, -0.2) is 22.6 Å². The van der Waals surface area contributed by atoms with Gasteiger partial charge in [-0.2, -0.15) is 0 Å². The Kier molecular flexibility index (Phi) is 4.11. The first-order chi connectivity index (χ1) is 8.52. The second-order valence-corrected chi connectivity index (χ2v) is 5.78.